The molecule has 0 fully saturated rings. The van der Waals surface area contributed by atoms with Gasteiger partial charge in [-0.1, -0.05) is 0 Å². The molecule has 8 heteroatoms. The molecule has 0 aliphatic carbocycles. The van der Waals surface area contributed by atoms with Gasteiger partial charge in [-0.05, 0) is 32.9 Å². The van der Waals surface area contributed by atoms with Crippen LogP contribution in [0.3, 0.4) is 0 Å². The predicted octanol–water partition coefficient (Wildman–Crippen LogP) is 1.10. The third-order valence-corrected chi connectivity index (χ3v) is 3.09. The summed E-state index contributed by atoms with van der Waals surface area (Å²) in [6.45, 7) is 6.89. The third-order valence-electron chi connectivity index (χ3n) is 3.09. The van der Waals surface area contributed by atoms with E-state index >= 15 is 0 Å². The van der Waals surface area contributed by atoms with Gasteiger partial charge in [0.25, 0.3) is 5.91 Å². The molecule has 0 aliphatic rings. The van der Waals surface area contributed by atoms with Crippen LogP contribution in [-0.4, -0.2) is 51.7 Å². The smallest absolute Gasteiger partial charge is 0.271 e. The topological polar surface area (TPSA) is 91.2 Å². The lowest BCUT2D eigenvalue weighted by molar-refractivity contribution is -0.131. The Kier molecular flexibility index (Phi) is 6.19. The lowest BCUT2D eigenvalue weighted by Gasteiger charge is -2.17. The monoisotopic (exact) mass is 319 g/mol. The number of amides is 1. The summed E-state index contributed by atoms with van der Waals surface area (Å²) in [5, 5.41) is 10.7. The van der Waals surface area contributed by atoms with Gasteiger partial charge >= 0.3 is 0 Å². The summed E-state index contributed by atoms with van der Waals surface area (Å²) in [4.78, 5) is 16.2. The minimum atomic E-state index is -0.463. The SMILES string of the molecule is CCOC(CNC(=O)c1ccc(-n2ccnc2C)nn1)OCC. The zero-order valence-electron chi connectivity index (χ0n) is 13.5. The second-order valence-electron chi connectivity index (χ2n) is 4.67. The van der Waals surface area contributed by atoms with Gasteiger partial charge in [0.15, 0.2) is 17.8 Å². The molecular weight excluding hydrogens is 298 g/mol. The van der Waals surface area contributed by atoms with Crippen molar-refractivity contribution >= 4 is 5.91 Å². The molecule has 0 atom stereocenters. The number of aromatic nitrogens is 4. The average molecular weight is 319 g/mol. The molecule has 2 rings (SSSR count). The molecule has 0 spiro atoms. The van der Waals surface area contributed by atoms with Crippen LogP contribution >= 0.6 is 0 Å². The zero-order chi connectivity index (χ0) is 16.7. The van der Waals surface area contributed by atoms with Crippen LogP contribution in [0.15, 0.2) is 24.5 Å². The predicted molar refractivity (Wildman–Crippen MR) is 83.3 cm³/mol. The molecule has 0 unspecified atom stereocenters. The fourth-order valence-corrected chi connectivity index (χ4v) is 2.00. The lowest BCUT2D eigenvalue weighted by Crippen LogP contribution is -2.35. The fraction of sp³-hybridized carbons (Fsp3) is 0.467. The van der Waals surface area contributed by atoms with Gasteiger partial charge in [0.05, 0.1) is 6.54 Å². The molecule has 0 saturated carbocycles. The molecule has 1 N–H and O–H groups in total. The van der Waals surface area contributed by atoms with E-state index in [0.29, 0.717) is 19.0 Å². The number of carbonyl (C=O) groups is 1. The van der Waals surface area contributed by atoms with Crippen molar-refractivity contribution in [3.63, 3.8) is 0 Å². The number of carbonyl (C=O) groups excluding carboxylic acids is 1. The third kappa shape index (κ3) is 4.57. The maximum Gasteiger partial charge on any atom is 0.271 e. The Morgan fingerprint density at radius 2 is 2.00 bits per heavy atom. The van der Waals surface area contributed by atoms with E-state index in [9.17, 15) is 4.79 Å². The molecule has 2 aromatic rings. The van der Waals surface area contributed by atoms with Crippen molar-refractivity contribution in [1.82, 2.24) is 25.1 Å². The van der Waals surface area contributed by atoms with Crippen molar-refractivity contribution in [1.29, 1.82) is 0 Å². The summed E-state index contributed by atoms with van der Waals surface area (Å²) >= 11 is 0. The largest absolute Gasteiger partial charge is 0.351 e. The number of rotatable bonds is 8. The number of hydrogen-bond donors (Lipinski definition) is 1. The first-order valence-corrected chi connectivity index (χ1v) is 7.51. The van der Waals surface area contributed by atoms with Crippen LogP contribution in [0, 0.1) is 6.92 Å². The Balaban J connectivity index is 1.96. The van der Waals surface area contributed by atoms with Crippen molar-refractivity contribution < 1.29 is 14.3 Å². The summed E-state index contributed by atoms with van der Waals surface area (Å²) in [7, 11) is 0. The summed E-state index contributed by atoms with van der Waals surface area (Å²) < 4.78 is 12.5. The molecule has 0 radical (unpaired) electrons. The summed E-state index contributed by atoms with van der Waals surface area (Å²) in [6.07, 6.45) is 3.00. The van der Waals surface area contributed by atoms with Crippen molar-refractivity contribution in [2.75, 3.05) is 19.8 Å². The Hall–Kier alpha value is -2.32. The minimum absolute atomic E-state index is 0.235. The van der Waals surface area contributed by atoms with Gasteiger partial charge in [0.2, 0.25) is 0 Å². The van der Waals surface area contributed by atoms with E-state index in [1.54, 1.807) is 29.1 Å². The number of hydrogen-bond acceptors (Lipinski definition) is 6. The molecule has 0 aliphatic heterocycles. The zero-order valence-corrected chi connectivity index (χ0v) is 13.5. The van der Waals surface area contributed by atoms with Crippen LogP contribution in [0.25, 0.3) is 5.82 Å². The van der Waals surface area contributed by atoms with Crippen LogP contribution < -0.4 is 5.32 Å². The van der Waals surface area contributed by atoms with Crippen LogP contribution in [-0.2, 0) is 9.47 Å². The van der Waals surface area contributed by atoms with Crippen LogP contribution in [0.4, 0.5) is 0 Å². The number of ether oxygens (including phenoxy) is 2. The highest BCUT2D eigenvalue weighted by Gasteiger charge is 2.13. The van der Waals surface area contributed by atoms with Gasteiger partial charge in [-0.15, -0.1) is 10.2 Å². The maximum absolute atomic E-state index is 12.1. The van der Waals surface area contributed by atoms with E-state index in [4.69, 9.17) is 9.47 Å². The van der Waals surface area contributed by atoms with E-state index in [1.165, 1.54) is 0 Å². The Morgan fingerprint density at radius 3 is 2.52 bits per heavy atom. The summed E-state index contributed by atoms with van der Waals surface area (Å²) in [5.41, 5.74) is 0.235. The normalized spacial score (nSPS) is 11.0. The van der Waals surface area contributed by atoms with E-state index in [1.807, 2.05) is 20.8 Å². The van der Waals surface area contributed by atoms with Gasteiger partial charge in [-0.2, -0.15) is 0 Å². The van der Waals surface area contributed by atoms with Gasteiger partial charge in [0.1, 0.15) is 5.82 Å². The van der Waals surface area contributed by atoms with Crippen molar-refractivity contribution in [2.45, 2.75) is 27.1 Å². The van der Waals surface area contributed by atoms with Gasteiger partial charge in [-0.25, -0.2) is 4.98 Å². The number of nitrogens with zero attached hydrogens (tertiary/aromatic N) is 4. The average Bonchev–Trinajstić information content (AvgIpc) is 2.99. The molecule has 124 valence electrons. The maximum atomic E-state index is 12.1. The molecule has 2 heterocycles. The standard InChI is InChI=1S/C15H21N5O3/c1-4-22-14(23-5-2)10-17-15(21)12-6-7-13(19-18-12)20-9-8-16-11(20)3/h6-9,14H,4-5,10H2,1-3H3,(H,17,21). The molecule has 0 aromatic carbocycles. The molecular formula is C15H21N5O3. The molecule has 8 nitrogen and oxygen atoms in total. The molecule has 2 aromatic heterocycles. The minimum Gasteiger partial charge on any atom is -0.351 e. The van der Waals surface area contributed by atoms with Crippen molar-refractivity contribution in [2.24, 2.45) is 0 Å². The highest BCUT2D eigenvalue weighted by atomic mass is 16.7. The number of aryl methyl sites for hydroxylation is 1. The quantitative estimate of drug-likeness (QED) is 0.733. The first-order chi connectivity index (χ1) is 11.2. The van der Waals surface area contributed by atoms with Crippen LogP contribution in [0.1, 0.15) is 30.2 Å². The first kappa shape index (κ1) is 17.0. The van der Waals surface area contributed by atoms with E-state index in [2.05, 4.69) is 20.5 Å². The number of imidazole rings is 1. The lowest BCUT2D eigenvalue weighted by atomic mass is 10.3. The molecule has 0 saturated heterocycles. The second-order valence-corrected chi connectivity index (χ2v) is 4.67. The Labute approximate surface area is 134 Å². The van der Waals surface area contributed by atoms with Crippen LogP contribution in [0.5, 0.6) is 0 Å². The van der Waals surface area contributed by atoms with Gasteiger partial charge in [0, 0.05) is 25.6 Å². The van der Waals surface area contributed by atoms with Crippen molar-refractivity contribution in [3.05, 3.63) is 36.0 Å². The van der Waals surface area contributed by atoms with Crippen LogP contribution in [0.2, 0.25) is 0 Å². The number of nitrogens with one attached hydrogen (secondary N) is 1. The van der Waals surface area contributed by atoms with Gasteiger partial charge in [-0.3, -0.25) is 9.36 Å². The molecule has 23 heavy (non-hydrogen) atoms. The molecule has 1 amide bonds. The first-order valence-electron chi connectivity index (χ1n) is 7.51. The Bertz CT molecular complexity index is 620. The Morgan fingerprint density at radius 1 is 1.26 bits per heavy atom. The van der Waals surface area contributed by atoms with E-state index in [-0.39, 0.29) is 18.1 Å². The van der Waals surface area contributed by atoms with Gasteiger partial charge < -0.3 is 14.8 Å². The second kappa shape index (κ2) is 8.35. The van der Waals surface area contributed by atoms with E-state index in [0.717, 1.165) is 5.82 Å². The fourth-order valence-electron chi connectivity index (χ4n) is 2.00. The summed E-state index contributed by atoms with van der Waals surface area (Å²) in [6, 6.07) is 3.34. The van der Waals surface area contributed by atoms with E-state index < -0.39 is 6.29 Å². The highest BCUT2D eigenvalue weighted by molar-refractivity contribution is 5.92. The highest BCUT2D eigenvalue weighted by Crippen LogP contribution is 2.06. The molecule has 0 bridgehead atoms. The summed E-state index contributed by atoms with van der Waals surface area (Å²) in [5.74, 6) is 1.08. The van der Waals surface area contributed by atoms with Crippen molar-refractivity contribution in [3.8, 4) is 5.82 Å².